The molecule has 0 unspecified atom stereocenters. The molecule has 0 bridgehead atoms. The fraction of sp³-hybridized carbons (Fsp3) is 0.875. The molecule has 0 atom stereocenters. The molecule has 0 aliphatic carbocycles. The summed E-state index contributed by atoms with van der Waals surface area (Å²) in [5.74, 6) is 0. The first-order valence-electron chi connectivity index (χ1n) is 4.45. The van der Waals surface area contributed by atoms with Crippen LogP contribution in [0.25, 0.3) is 0 Å². The molecule has 0 aromatic rings. The predicted octanol–water partition coefficient (Wildman–Crippen LogP) is 0.403. The van der Waals surface area contributed by atoms with Gasteiger partial charge in [0.15, 0.2) is 0 Å². The molecule has 1 saturated heterocycles. The van der Waals surface area contributed by atoms with Gasteiger partial charge in [-0.3, -0.25) is 4.90 Å². The van der Waals surface area contributed by atoms with Crippen molar-refractivity contribution in [1.82, 2.24) is 4.90 Å². The van der Waals surface area contributed by atoms with Gasteiger partial charge in [-0.1, -0.05) is 0 Å². The van der Waals surface area contributed by atoms with E-state index in [-0.39, 0.29) is 6.61 Å². The maximum atomic E-state index is 9.99. The zero-order chi connectivity index (χ0) is 9.52. The molecule has 0 spiro atoms. The van der Waals surface area contributed by atoms with Crippen molar-refractivity contribution in [2.24, 2.45) is 0 Å². The molecule has 13 heavy (non-hydrogen) atoms. The van der Waals surface area contributed by atoms with E-state index in [4.69, 9.17) is 9.84 Å². The van der Waals surface area contributed by atoms with Crippen molar-refractivity contribution in [1.29, 1.82) is 0 Å². The second-order valence-corrected chi connectivity index (χ2v) is 2.92. The van der Waals surface area contributed by atoms with Gasteiger partial charge in [0, 0.05) is 19.6 Å². The van der Waals surface area contributed by atoms with E-state index in [0.29, 0.717) is 0 Å². The van der Waals surface area contributed by atoms with Gasteiger partial charge in [0.1, 0.15) is 0 Å². The Morgan fingerprint density at radius 1 is 1.46 bits per heavy atom. The highest BCUT2D eigenvalue weighted by Gasteiger charge is 2.09. The molecule has 1 fully saturated rings. The lowest BCUT2D eigenvalue weighted by molar-refractivity contribution is 0.0324. The number of carboxylic acid groups (broad SMARTS) is 1. The van der Waals surface area contributed by atoms with Crippen LogP contribution in [0, 0.1) is 0 Å². The van der Waals surface area contributed by atoms with Crippen molar-refractivity contribution in [3.05, 3.63) is 0 Å². The minimum absolute atomic E-state index is 0.284. The number of hydrogen-bond acceptors (Lipinski definition) is 4. The zero-order valence-electron chi connectivity index (χ0n) is 7.57. The minimum atomic E-state index is -1.19. The summed E-state index contributed by atoms with van der Waals surface area (Å²) in [5, 5.41) is 8.19. The van der Waals surface area contributed by atoms with Crippen LogP contribution >= 0.6 is 0 Å². The quantitative estimate of drug-likeness (QED) is 0.512. The number of morpholine rings is 1. The standard InChI is InChI=1S/C8H15NO4/c10-8(11)13-5-1-2-9-3-6-12-7-4-9/h1-7H2,(H,10,11). The highest BCUT2D eigenvalue weighted by molar-refractivity contribution is 5.56. The Labute approximate surface area is 77.2 Å². The van der Waals surface area contributed by atoms with Crippen molar-refractivity contribution in [3.63, 3.8) is 0 Å². The highest BCUT2D eigenvalue weighted by Crippen LogP contribution is 1.97. The normalized spacial score (nSPS) is 18.5. The van der Waals surface area contributed by atoms with Crippen LogP contribution in [-0.2, 0) is 9.47 Å². The van der Waals surface area contributed by atoms with Crippen LogP contribution in [-0.4, -0.2) is 55.6 Å². The monoisotopic (exact) mass is 189 g/mol. The Bertz CT molecular complexity index is 156. The summed E-state index contributed by atoms with van der Waals surface area (Å²) in [7, 11) is 0. The van der Waals surface area contributed by atoms with Crippen molar-refractivity contribution in [2.45, 2.75) is 6.42 Å². The summed E-state index contributed by atoms with van der Waals surface area (Å²) in [4.78, 5) is 12.2. The fourth-order valence-corrected chi connectivity index (χ4v) is 1.27. The average molecular weight is 189 g/mol. The Kier molecular flexibility index (Phi) is 4.56. The van der Waals surface area contributed by atoms with Crippen molar-refractivity contribution in [3.8, 4) is 0 Å². The van der Waals surface area contributed by atoms with Gasteiger partial charge in [0.2, 0.25) is 0 Å². The van der Waals surface area contributed by atoms with Gasteiger partial charge in [-0.2, -0.15) is 0 Å². The van der Waals surface area contributed by atoms with E-state index in [2.05, 4.69) is 9.64 Å². The van der Waals surface area contributed by atoms with Crippen molar-refractivity contribution >= 4 is 6.16 Å². The summed E-state index contributed by atoms with van der Waals surface area (Å²) in [6, 6.07) is 0. The second kappa shape index (κ2) is 5.77. The van der Waals surface area contributed by atoms with Crippen LogP contribution in [0.1, 0.15) is 6.42 Å². The van der Waals surface area contributed by atoms with E-state index >= 15 is 0 Å². The molecule has 1 rings (SSSR count). The molecule has 0 saturated carbocycles. The van der Waals surface area contributed by atoms with Gasteiger partial charge in [-0.25, -0.2) is 4.79 Å². The molecule has 0 radical (unpaired) electrons. The van der Waals surface area contributed by atoms with E-state index in [0.717, 1.165) is 39.3 Å². The topological polar surface area (TPSA) is 59.0 Å². The van der Waals surface area contributed by atoms with Crippen LogP contribution in [0.15, 0.2) is 0 Å². The van der Waals surface area contributed by atoms with Crippen LogP contribution < -0.4 is 0 Å². The molecule has 1 aliphatic heterocycles. The molecule has 0 amide bonds. The van der Waals surface area contributed by atoms with Gasteiger partial charge in [-0.15, -0.1) is 0 Å². The lowest BCUT2D eigenvalue weighted by atomic mass is 10.3. The lowest BCUT2D eigenvalue weighted by Crippen LogP contribution is -2.37. The maximum absolute atomic E-state index is 9.99. The third-order valence-corrected chi connectivity index (χ3v) is 1.95. The number of ether oxygens (including phenoxy) is 2. The van der Waals surface area contributed by atoms with Crippen LogP contribution in [0.5, 0.6) is 0 Å². The Morgan fingerprint density at radius 2 is 2.15 bits per heavy atom. The van der Waals surface area contributed by atoms with Gasteiger partial charge >= 0.3 is 6.16 Å². The first-order valence-corrected chi connectivity index (χ1v) is 4.45. The number of hydrogen-bond donors (Lipinski definition) is 1. The third kappa shape index (κ3) is 4.69. The molecule has 0 aromatic carbocycles. The fourth-order valence-electron chi connectivity index (χ4n) is 1.27. The molecule has 1 N–H and O–H groups in total. The molecule has 0 aromatic heterocycles. The number of carbonyl (C=O) groups is 1. The lowest BCUT2D eigenvalue weighted by Gasteiger charge is -2.26. The SMILES string of the molecule is O=C(O)OCCCN1CCOCC1. The van der Waals surface area contributed by atoms with Crippen molar-refractivity contribution in [2.75, 3.05) is 39.5 Å². The Morgan fingerprint density at radius 3 is 2.77 bits per heavy atom. The van der Waals surface area contributed by atoms with Crippen LogP contribution in [0.2, 0.25) is 0 Å². The molecule has 5 heteroatoms. The molecular formula is C8H15NO4. The highest BCUT2D eigenvalue weighted by atomic mass is 16.7. The third-order valence-electron chi connectivity index (χ3n) is 1.95. The molecule has 5 nitrogen and oxygen atoms in total. The maximum Gasteiger partial charge on any atom is 0.505 e. The number of nitrogens with zero attached hydrogens (tertiary/aromatic N) is 1. The van der Waals surface area contributed by atoms with E-state index in [1.54, 1.807) is 0 Å². The summed E-state index contributed by atoms with van der Waals surface area (Å²) >= 11 is 0. The van der Waals surface area contributed by atoms with E-state index in [1.807, 2.05) is 0 Å². The van der Waals surface area contributed by atoms with Crippen LogP contribution in [0.3, 0.4) is 0 Å². The Balaban J connectivity index is 1.95. The van der Waals surface area contributed by atoms with E-state index in [9.17, 15) is 4.79 Å². The molecular weight excluding hydrogens is 174 g/mol. The van der Waals surface area contributed by atoms with Gasteiger partial charge in [0.25, 0.3) is 0 Å². The minimum Gasteiger partial charge on any atom is -0.450 e. The molecule has 76 valence electrons. The van der Waals surface area contributed by atoms with Gasteiger partial charge in [0.05, 0.1) is 19.8 Å². The smallest absolute Gasteiger partial charge is 0.450 e. The van der Waals surface area contributed by atoms with Crippen molar-refractivity contribution < 1.29 is 19.4 Å². The van der Waals surface area contributed by atoms with Gasteiger partial charge in [-0.05, 0) is 6.42 Å². The largest absolute Gasteiger partial charge is 0.505 e. The van der Waals surface area contributed by atoms with E-state index in [1.165, 1.54) is 0 Å². The molecule has 1 heterocycles. The first kappa shape index (κ1) is 10.3. The van der Waals surface area contributed by atoms with Crippen LogP contribution in [0.4, 0.5) is 4.79 Å². The number of rotatable bonds is 4. The average Bonchev–Trinajstić information content (AvgIpc) is 2.14. The van der Waals surface area contributed by atoms with E-state index < -0.39 is 6.16 Å². The summed E-state index contributed by atoms with van der Waals surface area (Å²) in [6.45, 7) is 4.60. The second-order valence-electron chi connectivity index (χ2n) is 2.92. The predicted molar refractivity (Wildman–Crippen MR) is 45.9 cm³/mol. The first-order chi connectivity index (χ1) is 6.29. The summed E-state index contributed by atoms with van der Waals surface area (Å²) in [5.41, 5.74) is 0. The van der Waals surface area contributed by atoms with Gasteiger partial charge < -0.3 is 14.6 Å². The zero-order valence-corrected chi connectivity index (χ0v) is 7.57. The summed E-state index contributed by atoms with van der Waals surface area (Å²) < 4.78 is 9.57. The summed E-state index contributed by atoms with van der Waals surface area (Å²) in [6.07, 6.45) is -0.436. The molecule has 1 aliphatic rings. The Hall–Kier alpha value is -0.810.